The molecular formula is C14H21NO6. The van der Waals surface area contributed by atoms with E-state index in [0.717, 1.165) is 0 Å². The fourth-order valence-corrected chi connectivity index (χ4v) is 1.57. The van der Waals surface area contributed by atoms with Crippen LogP contribution in [0.15, 0.2) is 24.3 Å². The number of rotatable bonds is 4. The monoisotopic (exact) mass is 299 g/mol. The molecule has 1 aromatic carbocycles. The van der Waals surface area contributed by atoms with Gasteiger partial charge in [0, 0.05) is 5.54 Å². The lowest BCUT2D eigenvalue weighted by Gasteiger charge is -2.21. The molecule has 1 aromatic rings. The zero-order chi connectivity index (χ0) is 16.8. The Morgan fingerprint density at radius 2 is 1.43 bits per heavy atom. The van der Waals surface area contributed by atoms with Gasteiger partial charge in [0.05, 0.1) is 0 Å². The van der Waals surface area contributed by atoms with Gasteiger partial charge in [-0.15, -0.1) is 0 Å². The molecule has 0 aliphatic carbocycles. The Labute approximate surface area is 122 Å². The van der Waals surface area contributed by atoms with E-state index in [1.165, 1.54) is 11.1 Å². The first-order chi connectivity index (χ1) is 9.48. The maximum absolute atomic E-state index is 9.77. The summed E-state index contributed by atoms with van der Waals surface area (Å²) in [6.45, 7) is 6.13. The van der Waals surface area contributed by atoms with Crippen LogP contribution >= 0.6 is 0 Å². The lowest BCUT2D eigenvalue weighted by atomic mass is 9.92. The molecule has 2 atom stereocenters. The molecule has 6 N–H and O–H groups in total. The number of aryl methyl sites for hydroxylation is 1. The van der Waals surface area contributed by atoms with E-state index in [1.807, 2.05) is 26.0 Å². The number of carboxylic acid groups (broad SMARTS) is 2. The van der Waals surface area contributed by atoms with Crippen molar-refractivity contribution in [3.05, 3.63) is 35.4 Å². The van der Waals surface area contributed by atoms with Gasteiger partial charge in [0.25, 0.3) is 0 Å². The summed E-state index contributed by atoms with van der Waals surface area (Å²) in [6, 6.07) is 8.22. The minimum atomic E-state index is -2.27. The van der Waals surface area contributed by atoms with Crippen molar-refractivity contribution in [3.63, 3.8) is 0 Å². The van der Waals surface area contributed by atoms with Gasteiger partial charge >= 0.3 is 11.9 Å². The normalized spacial score (nSPS) is 13.6. The summed E-state index contributed by atoms with van der Waals surface area (Å²) in [7, 11) is 0. The molecule has 0 saturated heterocycles. The van der Waals surface area contributed by atoms with Crippen LogP contribution in [0.1, 0.15) is 25.0 Å². The molecule has 0 saturated carbocycles. The van der Waals surface area contributed by atoms with E-state index in [9.17, 15) is 9.59 Å². The predicted molar refractivity (Wildman–Crippen MR) is 75.7 cm³/mol. The highest BCUT2D eigenvalue weighted by molar-refractivity contribution is 5.83. The Bertz CT molecular complexity index is 476. The average molecular weight is 299 g/mol. The third-order valence-corrected chi connectivity index (χ3v) is 2.64. The lowest BCUT2D eigenvalue weighted by Crippen LogP contribution is -2.39. The molecule has 7 nitrogen and oxygen atoms in total. The molecule has 0 fully saturated rings. The molecule has 0 bridgehead atoms. The largest absolute Gasteiger partial charge is 0.479 e. The van der Waals surface area contributed by atoms with Gasteiger partial charge in [-0.2, -0.15) is 0 Å². The molecule has 118 valence electrons. The molecule has 0 radical (unpaired) electrons. The molecule has 21 heavy (non-hydrogen) atoms. The minimum absolute atomic E-state index is 0.217. The molecule has 2 unspecified atom stereocenters. The Balaban J connectivity index is 0.000000384. The number of aliphatic hydroxyl groups excluding tert-OH is 2. The van der Waals surface area contributed by atoms with Crippen molar-refractivity contribution in [2.45, 2.75) is 38.5 Å². The van der Waals surface area contributed by atoms with Crippen molar-refractivity contribution >= 4 is 11.9 Å². The van der Waals surface area contributed by atoms with E-state index < -0.39 is 24.1 Å². The highest BCUT2D eigenvalue weighted by Crippen LogP contribution is 2.19. The number of hydrogen-bond donors (Lipinski definition) is 5. The Morgan fingerprint density at radius 3 is 1.67 bits per heavy atom. The summed E-state index contributed by atoms with van der Waals surface area (Å²) < 4.78 is 0. The molecule has 7 heteroatoms. The smallest absolute Gasteiger partial charge is 0.335 e. The number of hydrogen-bond acceptors (Lipinski definition) is 5. The van der Waals surface area contributed by atoms with E-state index in [-0.39, 0.29) is 5.54 Å². The first-order valence-corrected chi connectivity index (χ1v) is 6.15. The van der Waals surface area contributed by atoms with Gasteiger partial charge in [0.2, 0.25) is 0 Å². The second-order valence-electron chi connectivity index (χ2n) is 5.10. The fraction of sp³-hybridized carbons (Fsp3) is 0.429. The van der Waals surface area contributed by atoms with Crippen molar-refractivity contribution in [2.75, 3.05) is 0 Å². The minimum Gasteiger partial charge on any atom is -0.479 e. The van der Waals surface area contributed by atoms with Crippen molar-refractivity contribution in [1.82, 2.24) is 0 Å². The molecule has 0 aliphatic heterocycles. The summed E-state index contributed by atoms with van der Waals surface area (Å²) in [5.74, 6) is -3.54. The summed E-state index contributed by atoms with van der Waals surface area (Å²) >= 11 is 0. The number of aliphatic hydroxyl groups is 2. The van der Waals surface area contributed by atoms with Crippen molar-refractivity contribution < 1.29 is 30.0 Å². The topological polar surface area (TPSA) is 141 Å². The van der Waals surface area contributed by atoms with Gasteiger partial charge < -0.3 is 26.2 Å². The third kappa shape index (κ3) is 6.35. The molecule has 0 heterocycles. The van der Waals surface area contributed by atoms with Gasteiger partial charge in [0.15, 0.2) is 12.2 Å². The van der Waals surface area contributed by atoms with Crippen molar-refractivity contribution in [2.24, 2.45) is 5.73 Å². The number of carbonyl (C=O) groups is 2. The summed E-state index contributed by atoms with van der Waals surface area (Å²) in [5, 5.41) is 32.5. The maximum atomic E-state index is 9.77. The summed E-state index contributed by atoms with van der Waals surface area (Å²) in [5.41, 5.74) is 8.23. The van der Waals surface area contributed by atoms with E-state index >= 15 is 0 Å². The summed E-state index contributed by atoms with van der Waals surface area (Å²) in [6.07, 6.45) is -4.53. The van der Waals surface area contributed by atoms with Gasteiger partial charge in [-0.05, 0) is 31.9 Å². The van der Waals surface area contributed by atoms with Crippen LogP contribution in [0.5, 0.6) is 0 Å². The highest BCUT2D eigenvalue weighted by atomic mass is 16.4. The van der Waals surface area contributed by atoms with Crippen LogP contribution in [0.4, 0.5) is 0 Å². The van der Waals surface area contributed by atoms with E-state index in [2.05, 4.69) is 19.1 Å². The maximum Gasteiger partial charge on any atom is 0.335 e. The zero-order valence-corrected chi connectivity index (χ0v) is 12.1. The summed E-state index contributed by atoms with van der Waals surface area (Å²) in [4.78, 5) is 19.5. The van der Waals surface area contributed by atoms with Crippen LogP contribution in [0.2, 0.25) is 0 Å². The van der Waals surface area contributed by atoms with Crippen LogP contribution in [0, 0.1) is 6.92 Å². The van der Waals surface area contributed by atoms with Crippen LogP contribution in [0.3, 0.4) is 0 Å². The lowest BCUT2D eigenvalue weighted by molar-refractivity contribution is -0.165. The number of nitrogens with two attached hydrogens (primary N) is 1. The second-order valence-corrected chi connectivity index (χ2v) is 5.10. The molecule has 0 spiro atoms. The van der Waals surface area contributed by atoms with Gasteiger partial charge in [-0.3, -0.25) is 0 Å². The molecular weight excluding hydrogens is 278 g/mol. The van der Waals surface area contributed by atoms with Gasteiger partial charge in [-0.1, -0.05) is 24.3 Å². The van der Waals surface area contributed by atoms with Gasteiger partial charge in [-0.25, -0.2) is 9.59 Å². The quantitative estimate of drug-likeness (QED) is 0.529. The Kier molecular flexibility index (Phi) is 7.00. The number of carboxylic acids is 2. The highest BCUT2D eigenvalue weighted by Gasteiger charge is 2.29. The first kappa shape index (κ1) is 19.0. The van der Waals surface area contributed by atoms with E-state index in [1.54, 1.807) is 0 Å². The van der Waals surface area contributed by atoms with E-state index in [4.69, 9.17) is 26.2 Å². The molecule has 0 aliphatic rings. The Morgan fingerprint density at radius 1 is 1.05 bits per heavy atom. The first-order valence-electron chi connectivity index (χ1n) is 6.15. The average Bonchev–Trinajstić information content (AvgIpc) is 2.36. The van der Waals surface area contributed by atoms with Crippen molar-refractivity contribution in [3.8, 4) is 0 Å². The third-order valence-electron chi connectivity index (χ3n) is 2.64. The molecule has 0 aromatic heterocycles. The van der Waals surface area contributed by atoms with Crippen LogP contribution in [-0.2, 0) is 15.1 Å². The van der Waals surface area contributed by atoms with E-state index in [0.29, 0.717) is 0 Å². The standard InChI is InChI=1S/C10H15N.C4H6O6/c1-8-6-4-5-7-9(8)10(2,3)11;5-1(3(7)8)2(6)4(9)10/h4-7H,11H2,1-3H3;1-2,5-6H,(H,7,8)(H,9,10). The fourth-order valence-electron chi connectivity index (χ4n) is 1.57. The molecule has 1 rings (SSSR count). The number of benzene rings is 1. The van der Waals surface area contributed by atoms with Crippen LogP contribution < -0.4 is 5.73 Å². The Hall–Kier alpha value is -1.96. The van der Waals surface area contributed by atoms with Gasteiger partial charge in [0.1, 0.15) is 0 Å². The van der Waals surface area contributed by atoms with Crippen LogP contribution in [-0.4, -0.2) is 44.6 Å². The van der Waals surface area contributed by atoms with Crippen molar-refractivity contribution in [1.29, 1.82) is 0 Å². The molecule has 0 amide bonds. The second kappa shape index (κ2) is 7.72. The van der Waals surface area contributed by atoms with Crippen LogP contribution in [0.25, 0.3) is 0 Å². The number of aliphatic carboxylic acids is 2. The zero-order valence-electron chi connectivity index (χ0n) is 12.1. The predicted octanol–water partition coefficient (Wildman–Crippen LogP) is 0.0662. The SMILES string of the molecule is Cc1ccccc1C(C)(C)N.O=C(O)C(O)C(O)C(=O)O.